The van der Waals surface area contributed by atoms with Gasteiger partial charge in [0.1, 0.15) is 0 Å². The summed E-state index contributed by atoms with van der Waals surface area (Å²) >= 11 is 0. The minimum Gasteiger partial charge on any atom is -0.254 e. The zero-order chi connectivity index (χ0) is 14.9. The largest absolute Gasteiger partial charge is 0.254 e. The van der Waals surface area contributed by atoms with Crippen molar-refractivity contribution in [3.8, 4) is 0 Å². The molecule has 0 unspecified atom stereocenters. The van der Waals surface area contributed by atoms with Gasteiger partial charge in [0.25, 0.3) is 0 Å². The van der Waals surface area contributed by atoms with Crippen molar-refractivity contribution in [3.05, 3.63) is 45.6 Å². The van der Waals surface area contributed by atoms with Gasteiger partial charge in [0.2, 0.25) is 0 Å². The zero-order valence-electron chi connectivity index (χ0n) is 12.9. The number of aromatic nitrogens is 4. The molecule has 0 fully saturated rings. The molecular weight excluding hydrogens is 248 g/mol. The highest BCUT2D eigenvalue weighted by Gasteiger charge is 2.05. The maximum atomic E-state index is 4.56. The topological polar surface area (TPSA) is 51.6 Å². The first-order valence-electron chi connectivity index (χ1n) is 6.70. The predicted molar refractivity (Wildman–Crippen MR) is 81.4 cm³/mol. The molecule has 0 aliphatic rings. The van der Waals surface area contributed by atoms with Crippen molar-refractivity contribution in [1.82, 2.24) is 19.9 Å². The average molecular weight is 268 g/mol. The van der Waals surface area contributed by atoms with Gasteiger partial charge in [-0.2, -0.15) is 0 Å². The third-order valence-corrected chi connectivity index (χ3v) is 3.43. The van der Waals surface area contributed by atoms with Crippen LogP contribution in [0.25, 0.3) is 12.2 Å². The summed E-state index contributed by atoms with van der Waals surface area (Å²) in [6, 6.07) is 0. The molecule has 0 aliphatic carbocycles. The van der Waals surface area contributed by atoms with E-state index < -0.39 is 0 Å². The molecule has 0 atom stereocenters. The smallest absolute Gasteiger partial charge is 0.0846 e. The fourth-order valence-electron chi connectivity index (χ4n) is 1.94. The molecule has 0 amide bonds. The normalized spacial score (nSPS) is 11.3. The lowest BCUT2D eigenvalue weighted by Crippen LogP contribution is -2.00. The summed E-state index contributed by atoms with van der Waals surface area (Å²) in [6.45, 7) is 11.8. The van der Waals surface area contributed by atoms with Crippen molar-refractivity contribution >= 4 is 12.2 Å². The summed E-state index contributed by atoms with van der Waals surface area (Å²) in [5.74, 6) is 0. The van der Waals surface area contributed by atoms with E-state index in [4.69, 9.17) is 0 Å². The molecule has 2 aromatic heterocycles. The van der Waals surface area contributed by atoms with Crippen molar-refractivity contribution in [1.29, 1.82) is 0 Å². The van der Waals surface area contributed by atoms with Gasteiger partial charge >= 0.3 is 0 Å². The molecule has 4 heteroatoms. The molecule has 0 bridgehead atoms. The van der Waals surface area contributed by atoms with Gasteiger partial charge in [0.15, 0.2) is 0 Å². The summed E-state index contributed by atoms with van der Waals surface area (Å²) in [6.07, 6.45) is 3.92. The number of hydrogen-bond acceptors (Lipinski definition) is 4. The van der Waals surface area contributed by atoms with Crippen LogP contribution in [0.15, 0.2) is 0 Å². The van der Waals surface area contributed by atoms with Gasteiger partial charge in [-0.1, -0.05) is 0 Å². The Bertz CT molecular complexity index is 628. The standard InChI is InChI=1S/C16H20N4/c1-9-11(3)19-15(13(5)17-9)7-8-16-14(6)18-10(2)12(4)20-16/h7-8H,1-6H3/b8-7+. The number of nitrogens with zero attached hydrogens (tertiary/aromatic N) is 4. The van der Waals surface area contributed by atoms with Crippen molar-refractivity contribution in [2.45, 2.75) is 41.5 Å². The van der Waals surface area contributed by atoms with Crippen LogP contribution >= 0.6 is 0 Å². The number of hydrogen-bond donors (Lipinski definition) is 0. The van der Waals surface area contributed by atoms with Gasteiger partial charge in [0, 0.05) is 0 Å². The van der Waals surface area contributed by atoms with Crippen LogP contribution in [0, 0.1) is 41.5 Å². The van der Waals surface area contributed by atoms with E-state index in [-0.39, 0.29) is 0 Å². The molecule has 0 aliphatic heterocycles. The fraction of sp³-hybridized carbons (Fsp3) is 0.375. The lowest BCUT2D eigenvalue weighted by Gasteiger charge is -2.06. The Balaban J connectivity index is 2.39. The molecular formula is C16H20N4. The Hall–Kier alpha value is -2.10. The van der Waals surface area contributed by atoms with Crippen LogP contribution in [0.2, 0.25) is 0 Å². The fourth-order valence-corrected chi connectivity index (χ4v) is 1.94. The van der Waals surface area contributed by atoms with E-state index in [1.807, 2.05) is 53.7 Å². The maximum absolute atomic E-state index is 4.56. The van der Waals surface area contributed by atoms with Gasteiger partial charge in [-0.3, -0.25) is 9.97 Å². The van der Waals surface area contributed by atoms with E-state index in [0.29, 0.717) is 0 Å². The molecule has 2 rings (SSSR count). The van der Waals surface area contributed by atoms with Crippen LogP contribution in [0.1, 0.15) is 45.6 Å². The molecule has 20 heavy (non-hydrogen) atoms. The lowest BCUT2D eigenvalue weighted by atomic mass is 10.2. The minimum atomic E-state index is 0.882. The van der Waals surface area contributed by atoms with E-state index in [1.165, 1.54) is 0 Å². The molecule has 0 radical (unpaired) electrons. The van der Waals surface area contributed by atoms with Crippen LogP contribution < -0.4 is 0 Å². The molecule has 0 saturated heterocycles. The molecule has 2 aromatic rings. The van der Waals surface area contributed by atoms with Gasteiger partial charge in [-0.15, -0.1) is 0 Å². The Morgan fingerprint density at radius 1 is 0.450 bits per heavy atom. The van der Waals surface area contributed by atoms with Gasteiger partial charge in [-0.25, -0.2) is 9.97 Å². The van der Waals surface area contributed by atoms with Crippen molar-refractivity contribution in [2.24, 2.45) is 0 Å². The first-order chi connectivity index (χ1) is 9.38. The van der Waals surface area contributed by atoms with Gasteiger partial charge < -0.3 is 0 Å². The van der Waals surface area contributed by atoms with Crippen LogP contribution in [-0.2, 0) is 0 Å². The first kappa shape index (κ1) is 14.3. The number of rotatable bonds is 2. The molecule has 0 aromatic carbocycles. The second-order valence-electron chi connectivity index (χ2n) is 5.06. The van der Waals surface area contributed by atoms with Gasteiger partial charge in [0.05, 0.1) is 45.6 Å². The van der Waals surface area contributed by atoms with Crippen LogP contribution in [0.5, 0.6) is 0 Å². The molecule has 0 spiro atoms. The summed E-state index contributed by atoms with van der Waals surface area (Å²) < 4.78 is 0. The Kier molecular flexibility index (Phi) is 3.93. The Morgan fingerprint density at radius 2 is 0.750 bits per heavy atom. The SMILES string of the molecule is Cc1nc(C)c(/C=C/c2nc(C)c(C)nc2C)nc1C. The molecule has 2 heterocycles. The molecule has 104 valence electrons. The average Bonchev–Trinajstić information content (AvgIpc) is 2.37. The highest BCUT2D eigenvalue weighted by Crippen LogP contribution is 2.13. The summed E-state index contributed by atoms with van der Waals surface area (Å²) in [5.41, 5.74) is 7.48. The quantitative estimate of drug-likeness (QED) is 0.838. The third kappa shape index (κ3) is 2.90. The summed E-state index contributed by atoms with van der Waals surface area (Å²) in [7, 11) is 0. The Labute approximate surface area is 120 Å². The minimum absolute atomic E-state index is 0.882. The van der Waals surface area contributed by atoms with Gasteiger partial charge in [-0.05, 0) is 53.7 Å². The van der Waals surface area contributed by atoms with E-state index in [0.717, 1.165) is 45.6 Å². The molecule has 0 saturated carbocycles. The first-order valence-corrected chi connectivity index (χ1v) is 6.70. The maximum Gasteiger partial charge on any atom is 0.0846 e. The lowest BCUT2D eigenvalue weighted by molar-refractivity contribution is 0.986. The van der Waals surface area contributed by atoms with Crippen LogP contribution in [0.4, 0.5) is 0 Å². The van der Waals surface area contributed by atoms with Crippen molar-refractivity contribution < 1.29 is 0 Å². The second-order valence-corrected chi connectivity index (χ2v) is 5.06. The highest BCUT2D eigenvalue weighted by molar-refractivity contribution is 5.68. The van der Waals surface area contributed by atoms with E-state index in [2.05, 4.69) is 19.9 Å². The Morgan fingerprint density at radius 3 is 1.10 bits per heavy atom. The third-order valence-electron chi connectivity index (χ3n) is 3.43. The summed E-state index contributed by atoms with van der Waals surface area (Å²) in [5, 5.41) is 0. The second kappa shape index (κ2) is 5.49. The monoisotopic (exact) mass is 268 g/mol. The summed E-state index contributed by atoms with van der Waals surface area (Å²) in [4.78, 5) is 18.1. The van der Waals surface area contributed by atoms with E-state index in [9.17, 15) is 0 Å². The van der Waals surface area contributed by atoms with E-state index >= 15 is 0 Å². The van der Waals surface area contributed by atoms with Crippen LogP contribution in [-0.4, -0.2) is 19.9 Å². The molecule has 4 nitrogen and oxygen atoms in total. The number of aryl methyl sites for hydroxylation is 6. The molecule has 0 N–H and O–H groups in total. The van der Waals surface area contributed by atoms with E-state index in [1.54, 1.807) is 0 Å². The highest BCUT2D eigenvalue weighted by atomic mass is 14.8. The van der Waals surface area contributed by atoms with Crippen LogP contribution in [0.3, 0.4) is 0 Å². The predicted octanol–water partition coefficient (Wildman–Crippen LogP) is 3.29. The van der Waals surface area contributed by atoms with Crippen molar-refractivity contribution in [3.63, 3.8) is 0 Å². The van der Waals surface area contributed by atoms with Crippen molar-refractivity contribution in [2.75, 3.05) is 0 Å². The zero-order valence-corrected chi connectivity index (χ0v) is 12.9.